The monoisotopic (exact) mass is 482 g/mol. The summed E-state index contributed by atoms with van der Waals surface area (Å²) in [6, 6.07) is -4.67. The van der Waals surface area contributed by atoms with Crippen molar-refractivity contribution in [3.8, 4) is 0 Å². The predicted octanol–water partition coefficient (Wildman–Crippen LogP) is -2.51. The Balaban J connectivity index is 2.16. The molecule has 1 aliphatic heterocycles. The molecule has 1 aliphatic rings. The Morgan fingerprint density at radius 3 is 2.35 bits per heavy atom. The SMILES string of the molecule is CC(O)C(NC(=O)C(CCC(=O)O)NC(=O)C(Cc1cnc[nH]1)NC(=O)C1CCCN1)C(=O)O. The zero-order chi connectivity index (χ0) is 25.3. The van der Waals surface area contributed by atoms with Crippen LogP contribution in [0.2, 0.25) is 0 Å². The summed E-state index contributed by atoms with van der Waals surface area (Å²) in [5, 5.41) is 38.0. The summed E-state index contributed by atoms with van der Waals surface area (Å²) < 4.78 is 0. The van der Waals surface area contributed by atoms with Crippen molar-refractivity contribution < 1.29 is 39.3 Å². The Labute approximate surface area is 194 Å². The van der Waals surface area contributed by atoms with Crippen LogP contribution in [-0.4, -0.2) is 91.8 Å². The van der Waals surface area contributed by atoms with Gasteiger partial charge in [-0.2, -0.15) is 0 Å². The number of aromatic amines is 1. The topological polar surface area (TPSA) is 223 Å². The Morgan fingerprint density at radius 2 is 1.82 bits per heavy atom. The first kappa shape index (κ1) is 26.7. The van der Waals surface area contributed by atoms with E-state index in [1.54, 1.807) is 0 Å². The first-order valence-corrected chi connectivity index (χ1v) is 10.8. The molecule has 2 heterocycles. The number of carboxylic acids is 2. The molecule has 1 saturated heterocycles. The summed E-state index contributed by atoms with van der Waals surface area (Å²) in [5.74, 6) is -4.88. The van der Waals surface area contributed by atoms with Crippen molar-refractivity contribution in [1.82, 2.24) is 31.2 Å². The van der Waals surface area contributed by atoms with E-state index >= 15 is 0 Å². The quantitative estimate of drug-likeness (QED) is 0.147. The third-order valence-corrected chi connectivity index (χ3v) is 5.31. The van der Waals surface area contributed by atoms with Crippen LogP contribution >= 0.6 is 0 Å². The minimum absolute atomic E-state index is 0.0169. The number of aliphatic carboxylic acids is 2. The number of carboxylic acid groups (broad SMARTS) is 2. The van der Waals surface area contributed by atoms with Gasteiger partial charge in [0.05, 0.1) is 18.5 Å². The van der Waals surface area contributed by atoms with Gasteiger partial charge in [0, 0.05) is 24.7 Å². The van der Waals surface area contributed by atoms with E-state index in [1.165, 1.54) is 12.5 Å². The van der Waals surface area contributed by atoms with Crippen LogP contribution in [0, 0.1) is 0 Å². The van der Waals surface area contributed by atoms with Gasteiger partial charge in [-0.25, -0.2) is 9.78 Å². The van der Waals surface area contributed by atoms with Crippen molar-refractivity contribution in [3.63, 3.8) is 0 Å². The minimum Gasteiger partial charge on any atom is -0.481 e. The van der Waals surface area contributed by atoms with Crippen molar-refractivity contribution in [1.29, 1.82) is 0 Å². The highest BCUT2D eigenvalue weighted by Crippen LogP contribution is 2.08. The van der Waals surface area contributed by atoms with E-state index in [9.17, 15) is 34.2 Å². The molecule has 14 heteroatoms. The summed E-state index contributed by atoms with van der Waals surface area (Å²) in [4.78, 5) is 67.4. The van der Waals surface area contributed by atoms with Crippen LogP contribution in [0.3, 0.4) is 0 Å². The Hall–Kier alpha value is -3.52. The van der Waals surface area contributed by atoms with E-state index in [2.05, 4.69) is 31.2 Å². The molecule has 188 valence electrons. The van der Waals surface area contributed by atoms with Crippen LogP contribution in [-0.2, 0) is 30.4 Å². The molecular weight excluding hydrogens is 452 g/mol. The molecule has 2 rings (SSSR count). The number of carbonyl (C=O) groups is 5. The largest absolute Gasteiger partial charge is 0.481 e. The molecule has 14 nitrogen and oxygen atoms in total. The van der Waals surface area contributed by atoms with Gasteiger partial charge in [-0.1, -0.05) is 0 Å². The number of aliphatic hydroxyl groups excluding tert-OH is 1. The highest BCUT2D eigenvalue weighted by atomic mass is 16.4. The van der Waals surface area contributed by atoms with Crippen LogP contribution in [0.5, 0.6) is 0 Å². The normalized spacial score (nSPS) is 18.8. The van der Waals surface area contributed by atoms with Crippen molar-refractivity contribution >= 4 is 29.7 Å². The number of nitrogens with zero attached hydrogens (tertiary/aromatic N) is 1. The number of H-pyrrole nitrogens is 1. The van der Waals surface area contributed by atoms with E-state index in [-0.39, 0.29) is 12.8 Å². The highest BCUT2D eigenvalue weighted by molar-refractivity contribution is 5.94. The van der Waals surface area contributed by atoms with Gasteiger partial charge >= 0.3 is 11.9 Å². The fourth-order valence-corrected chi connectivity index (χ4v) is 3.46. The van der Waals surface area contributed by atoms with Crippen LogP contribution in [0.25, 0.3) is 0 Å². The molecule has 0 aliphatic carbocycles. The van der Waals surface area contributed by atoms with Crippen molar-refractivity contribution in [2.24, 2.45) is 0 Å². The standard InChI is InChI=1S/C20H30N6O8/c1-10(27)16(20(33)34)26-18(31)13(4-5-15(28)29)24-19(32)14(7-11-8-21-9-23-11)25-17(30)12-3-2-6-22-12/h8-10,12-14,16,22,27H,2-7H2,1H3,(H,21,23)(H,24,32)(H,25,30)(H,26,31)(H,28,29)(H,33,34). The zero-order valence-electron chi connectivity index (χ0n) is 18.6. The van der Waals surface area contributed by atoms with Gasteiger partial charge in [0.15, 0.2) is 6.04 Å². The lowest BCUT2D eigenvalue weighted by atomic mass is 10.1. The molecule has 1 fully saturated rings. The van der Waals surface area contributed by atoms with E-state index in [4.69, 9.17) is 5.11 Å². The zero-order valence-corrected chi connectivity index (χ0v) is 18.6. The first-order valence-electron chi connectivity index (χ1n) is 10.8. The maximum atomic E-state index is 13.1. The van der Waals surface area contributed by atoms with Gasteiger partial charge in [0.2, 0.25) is 17.7 Å². The van der Waals surface area contributed by atoms with Gasteiger partial charge in [0.1, 0.15) is 12.1 Å². The van der Waals surface area contributed by atoms with Crippen LogP contribution in [0.15, 0.2) is 12.5 Å². The molecule has 0 bridgehead atoms. The number of hydrogen-bond donors (Lipinski definition) is 8. The molecule has 0 radical (unpaired) electrons. The first-order chi connectivity index (χ1) is 16.1. The minimum atomic E-state index is -1.66. The number of aromatic nitrogens is 2. The fraction of sp³-hybridized carbons (Fsp3) is 0.600. The average molecular weight is 482 g/mol. The average Bonchev–Trinajstić information content (AvgIpc) is 3.47. The molecule has 0 spiro atoms. The van der Waals surface area contributed by atoms with Crippen LogP contribution in [0.4, 0.5) is 0 Å². The number of nitrogens with one attached hydrogen (secondary N) is 5. The number of aliphatic hydroxyl groups is 1. The van der Waals surface area contributed by atoms with E-state index < -0.39 is 66.4 Å². The molecule has 5 atom stereocenters. The van der Waals surface area contributed by atoms with Gasteiger partial charge in [0.25, 0.3) is 0 Å². The second-order valence-corrected chi connectivity index (χ2v) is 8.05. The number of hydrogen-bond acceptors (Lipinski definition) is 8. The van der Waals surface area contributed by atoms with Crippen molar-refractivity contribution in [3.05, 3.63) is 18.2 Å². The molecule has 1 aromatic heterocycles. The second kappa shape index (κ2) is 12.6. The summed E-state index contributed by atoms with van der Waals surface area (Å²) in [5.41, 5.74) is 0.534. The number of carbonyl (C=O) groups excluding carboxylic acids is 3. The van der Waals surface area contributed by atoms with Gasteiger partial charge in [-0.05, 0) is 32.7 Å². The molecule has 0 aromatic carbocycles. The summed E-state index contributed by atoms with van der Waals surface area (Å²) >= 11 is 0. The molecule has 1 aromatic rings. The van der Waals surface area contributed by atoms with E-state index in [1.807, 2.05) is 0 Å². The molecule has 34 heavy (non-hydrogen) atoms. The van der Waals surface area contributed by atoms with Crippen molar-refractivity contribution in [2.75, 3.05) is 6.54 Å². The fourth-order valence-electron chi connectivity index (χ4n) is 3.46. The molecule has 8 N–H and O–H groups in total. The molecule has 5 unspecified atom stereocenters. The lowest BCUT2D eigenvalue weighted by molar-refractivity contribution is -0.145. The number of amides is 3. The molecule has 3 amide bonds. The maximum Gasteiger partial charge on any atom is 0.328 e. The third kappa shape index (κ3) is 8.12. The van der Waals surface area contributed by atoms with E-state index in [0.717, 1.165) is 13.3 Å². The third-order valence-electron chi connectivity index (χ3n) is 5.31. The summed E-state index contributed by atoms with van der Waals surface area (Å²) in [7, 11) is 0. The van der Waals surface area contributed by atoms with Crippen LogP contribution in [0.1, 0.15) is 38.3 Å². The van der Waals surface area contributed by atoms with Crippen molar-refractivity contribution in [2.45, 2.75) is 69.3 Å². The molecular formula is C20H30N6O8. The van der Waals surface area contributed by atoms with E-state index in [0.29, 0.717) is 18.7 Å². The number of rotatable bonds is 13. The Kier molecular flexibility index (Phi) is 9.94. The highest BCUT2D eigenvalue weighted by Gasteiger charge is 2.33. The molecule has 0 saturated carbocycles. The van der Waals surface area contributed by atoms with Gasteiger partial charge in [-0.3, -0.25) is 19.2 Å². The van der Waals surface area contributed by atoms with Gasteiger partial charge in [-0.15, -0.1) is 0 Å². The predicted molar refractivity (Wildman–Crippen MR) is 115 cm³/mol. The Bertz CT molecular complexity index is 868. The smallest absolute Gasteiger partial charge is 0.328 e. The number of imidazole rings is 1. The second-order valence-electron chi connectivity index (χ2n) is 8.05. The van der Waals surface area contributed by atoms with Crippen LogP contribution < -0.4 is 21.3 Å². The maximum absolute atomic E-state index is 13.1. The Morgan fingerprint density at radius 1 is 1.12 bits per heavy atom. The summed E-state index contributed by atoms with van der Waals surface area (Å²) in [6.45, 7) is 1.83. The lowest BCUT2D eigenvalue weighted by Crippen LogP contribution is -2.58. The van der Waals surface area contributed by atoms with Gasteiger partial charge < -0.3 is 41.6 Å². The lowest BCUT2D eigenvalue weighted by Gasteiger charge is -2.25. The summed E-state index contributed by atoms with van der Waals surface area (Å²) in [6.07, 6.45) is 2.02.